The maximum Gasteiger partial charge on any atom is 0.416 e. The van der Waals surface area contributed by atoms with Gasteiger partial charge >= 0.3 is 6.18 Å². The van der Waals surface area contributed by atoms with Crippen molar-refractivity contribution in [1.82, 2.24) is 15.2 Å². The van der Waals surface area contributed by atoms with Crippen molar-refractivity contribution in [3.63, 3.8) is 0 Å². The first-order chi connectivity index (χ1) is 16.6. The molecular formula is C25H21F4N3O2S. The van der Waals surface area contributed by atoms with Gasteiger partial charge in [0.1, 0.15) is 11.5 Å². The Balaban J connectivity index is 1.34. The van der Waals surface area contributed by atoms with E-state index in [4.69, 9.17) is 0 Å². The summed E-state index contributed by atoms with van der Waals surface area (Å²) in [4.78, 5) is 32.7. The van der Waals surface area contributed by atoms with Gasteiger partial charge in [-0.05, 0) is 67.1 Å². The van der Waals surface area contributed by atoms with Crippen LogP contribution in [0.1, 0.15) is 37.8 Å². The normalized spacial score (nSPS) is 21.1. The molecule has 5 nitrogen and oxygen atoms in total. The van der Waals surface area contributed by atoms with E-state index in [1.54, 1.807) is 11.8 Å². The molecule has 5 rings (SSSR count). The first kappa shape index (κ1) is 23.5. The average Bonchev–Trinajstić information content (AvgIpc) is 3.34. The number of nitrogens with one attached hydrogen (secondary N) is 1. The van der Waals surface area contributed by atoms with Crippen molar-refractivity contribution in [3.05, 3.63) is 76.2 Å². The number of fused-ring (bicyclic) bond motifs is 1. The minimum absolute atomic E-state index is 0.209. The molecule has 2 amide bonds. The van der Waals surface area contributed by atoms with E-state index in [-0.39, 0.29) is 36.0 Å². The number of carbonyl (C=O) groups excluding carboxylic acids is 2. The quantitative estimate of drug-likeness (QED) is 0.489. The minimum Gasteiger partial charge on any atom is -0.350 e. The van der Waals surface area contributed by atoms with E-state index in [9.17, 15) is 27.2 Å². The van der Waals surface area contributed by atoms with E-state index < -0.39 is 17.6 Å². The zero-order valence-electron chi connectivity index (χ0n) is 18.6. The molecule has 10 heteroatoms. The van der Waals surface area contributed by atoms with Crippen LogP contribution >= 0.6 is 11.3 Å². The Hall–Kier alpha value is -3.27. The SMILES string of the molecule is Cc1nc(C(=O)N2CC3CC3C2CNC(=O)c2ccc(F)cc2)c(-c2ccc(C(F)(F)F)cc2)s1. The lowest BCUT2D eigenvalue weighted by Gasteiger charge is -2.27. The predicted molar refractivity (Wildman–Crippen MR) is 122 cm³/mol. The highest BCUT2D eigenvalue weighted by Crippen LogP contribution is 2.50. The number of thiazole rings is 1. The van der Waals surface area contributed by atoms with Gasteiger partial charge in [-0.3, -0.25) is 9.59 Å². The Kier molecular flexibility index (Phi) is 5.86. The number of benzene rings is 2. The summed E-state index contributed by atoms with van der Waals surface area (Å²) >= 11 is 1.26. The van der Waals surface area contributed by atoms with Gasteiger partial charge in [-0.25, -0.2) is 9.37 Å². The fourth-order valence-electron chi connectivity index (χ4n) is 4.68. The van der Waals surface area contributed by atoms with Crippen LogP contribution in [-0.4, -0.2) is 40.8 Å². The van der Waals surface area contributed by atoms with E-state index in [1.165, 1.54) is 47.7 Å². The second-order valence-corrected chi connectivity index (χ2v) is 10.1. The van der Waals surface area contributed by atoms with Crippen molar-refractivity contribution in [2.45, 2.75) is 25.6 Å². The van der Waals surface area contributed by atoms with E-state index in [1.807, 2.05) is 0 Å². The highest BCUT2D eigenvalue weighted by atomic mass is 32.1. The van der Waals surface area contributed by atoms with Crippen molar-refractivity contribution < 1.29 is 27.2 Å². The summed E-state index contributed by atoms with van der Waals surface area (Å²) in [5.74, 6) is -0.436. The molecule has 3 unspecified atom stereocenters. The molecule has 3 atom stereocenters. The van der Waals surface area contributed by atoms with Crippen LogP contribution in [0.4, 0.5) is 17.6 Å². The third kappa shape index (κ3) is 4.67. The van der Waals surface area contributed by atoms with Crippen molar-refractivity contribution >= 4 is 23.2 Å². The summed E-state index contributed by atoms with van der Waals surface area (Å²) in [5.41, 5.74) is 0.280. The summed E-state index contributed by atoms with van der Waals surface area (Å²) in [7, 11) is 0. The fraction of sp³-hybridized carbons (Fsp3) is 0.320. The molecule has 1 N–H and O–H groups in total. The molecule has 0 spiro atoms. The molecule has 182 valence electrons. The van der Waals surface area contributed by atoms with E-state index in [2.05, 4.69) is 10.3 Å². The lowest BCUT2D eigenvalue weighted by Crippen LogP contribution is -2.45. The number of aromatic nitrogens is 1. The van der Waals surface area contributed by atoms with Gasteiger partial charge in [-0.2, -0.15) is 13.2 Å². The third-order valence-electron chi connectivity index (χ3n) is 6.55. The standard InChI is InChI=1S/C25H21F4N3O2S/c1-13-31-21(22(35-13)14-2-6-17(7-3-14)25(27,28)29)24(34)32-12-16-10-19(16)20(32)11-30-23(33)15-4-8-18(26)9-5-15/h2-9,16,19-20H,10-12H2,1H3,(H,30,33). The molecule has 2 fully saturated rings. The number of carbonyl (C=O) groups is 2. The Labute approximate surface area is 202 Å². The predicted octanol–water partition coefficient (Wildman–Crippen LogP) is 5.17. The van der Waals surface area contributed by atoms with Gasteiger partial charge in [0.05, 0.1) is 21.5 Å². The number of likely N-dealkylation sites (tertiary alicyclic amines) is 1. The Morgan fingerprint density at radius 2 is 1.80 bits per heavy atom. The van der Waals surface area contributed by atoms with E-state index >= 15 is 0 Å². The Morgan fingerprint density at radius 3 is 2.46 bits per heavy atom. The number of piperidine rings is 1. The third-order valence-corrected chi connectivity index (χ3v) is 7.57. The molecule has 1 saturated carbocycles. The molecular weight excluding hydrogens is 482 g/mol. The second-order valence-electron chi connectivity index (χ2n) is 8.89. The molecule has 1 saturated heterocycles. The monoisotopic (exact) mass is 503 g/mol. The summed E-state index contributed by atoms with van der Waals surface area (Å²) in [5, 5.41) is 3.48. The highest BCUT2D eigenvalue weighted by molar-refractivity contribution is 7.15. The van der Waals surface area contributed by atoms with Crippen molar-refractivity contribution in [3.8, 4) is 10.4 Å². The smallest absolute Gasteiger partial charge is 0.350 e. The number of alkyl halides is 3. The van der Waals surface area contributed by atoms with Crippen molar-refractivity contribution in [2.75, 3.05) is 13.1 Å². The van der Waals surface area contributed by atoms with Crippen LogP contribution in [0.5, 0.6) is 0 Å². The van der Waals surface area contributed by atoms with Gasteiger partial charge in [0.25, 0.3) is 11.8 Å². The van der Waals surface area contributed by atoms with Gasteiger partial charge in [-0.15, -0.1) is 11.3 Å². The average molecular weight is 504 g/mol. The van der Waals surface area contributed by atoms with Crippen LogP contribution in [0, 0.1) is 24.6 Å². The number of nitrogens with zero attached hydrogens (tertiary/aromatic N) is 2. The number of rotatable bonds is 5. The number of aryl methyl sites for hydroxylation is 1. The number of hydrogen-bond donors (Lipinski definition) is 1. The van der Waals surface area contributed by atoms with Crippen LogP contribution in [0.3, 0.4) is 0 Å². The topological polar surface area (TPSA) is 62.3 Å². The van der Waals surface area contributed by atoms with Crippen LogP contribution in [0.25, 0.3) is 10.4 Å². The number of halogens is 4. The van der Waals surface area contributed by atoms with E-state index in [0.717, 1.165) is 18.6 Å². The zero-order chi connectivity index (χ0) is 24.9. The van der Waals surface area contributed by atoms with Gasteiger partial charge in [-0.1, -0.05) is 12.1 Å². The first-order valence-electron chi connectivity index (χ1n) is 11.1. The molecule has 0 bridgehead atoms. The first-order valence-corrected chi connectivity index (χ1v) is 11.9. The Morgan fingerprint density at radius 1 is 1.11 bits per heavy atom. The molecule has 35 heavy (non-hydrogen) atoms. The van der Waals surface area contributed by atoms with Crippen LogP contribution in [0.2, 0.25) is 0 Å². The van der Waals surface area contributed by atoms with E-state index in [0.29, 0.717) is 33.5 Å². The zero-order valence-corrected chi connectivity index (χ0v) is 19.4. The summed E-state index contributed by atoms with van der Waals surface area (Å²) in [6.45, 7) is 2.54. The highest BCUT2D eigenvalue weighted by Gasteiger charge is 2.54. The van der Waals surface area contributed by atoms with Crippen molar-refractivity contribution in [1.29, 1.82) is 0 Å². The fourth-order valence-corrected chi connectivity index (χ4v) is 5.60. The summed E-state index contributed by atoms with van der Waals surface area (Å²) < 4.78 is 52.0. The lowest BCUT2D eigenvalue weighted by atomic mass is 10.1. The molecule has 2 aromatic carbocycles. The molecule has 3 aromatic rings. The van der Waals surface area contributed by atoms with Crippen LogP contribution < -0.4 is 5.32 Å². The minimum atomic E-state index is -4.44. The maximum atomic E-state index is 13.5. The molecule has 2 heterocycles. The van der Waals surface area contributed by atoms with Gasteiger partial charge in [0.2, 0.25) is 0 Å². The van der Waals surface area contributed by atoms with Crippen molar-refractivity contribution in [2.24, 2.45) is 11.8 Å². The maximum absolute atomic E-state index is 13.5. The van der Waals surface area contributed by atoms with Gasteiger partial charge in [0, 0.05) is 18.7 Å². The van der Waals surface area contributed by atoms with Gasteiger partial charge < -0.3 is 10.2 Å². The van der Waals surface area contributed by atoms with Crippen LogP contribution in [0.15, 0.2) is 48.5 Å². The number of amides is 2. The van der Waals surface area contributed by atoms with Crippen LogP contribution in [-0.2, 0) is 6.18 Å². The largest absolute Gasteiger partial charge is 0.416 e. The Bertz CT molecular complexity index is 1270. The lowest BCUT2D eigenvalue weighted by molar-refractivity contribution is -0.137. The van der Waals surface area contributed by atoms with Gasteiger partial charge in [0.15, 0.2) is 0 Å². The molecule has 2 aliphatic rings. The molecule has 1 aliphatic heterocycles. The summed E-state index contributed by atoms with van der Waals surface area (Å²) in [6.07, 6.45) is -3.47. The molecule has 1 aliphatic carbocycles. The summed E-state index contributed by atoms with van der Waals surface area (Å²) in [6, 6.07) is 9.72. The molecule has 1 aromatic heterocycles. The molecule has 0 radical (unpaired) electrons. The second kappa shape index (κ2) is 8.75. The number of hydrogen-bond acceptors (Lipinski definition) is 4.